The number of hydrogen-bond acceptors (Lipinski definition) is 4. The second-order valence-electron chi connectivity index (χ2n) is 3.52. The molecule has 2 N–H and O–H groups in total. The molecule has 1 aliphatic heterocycles. The predicted molar refractivity (Wildman–Crippen MR) is 56.9 cm³/mol. The lowest BCUT2D eigenvalue weighted by atomic mass is 9.89. The van der Waals surface area contributed by atoms with Gasteiger partial charge in [0.05, 0.1) is 12.9 Å². The maximum absolute atomic E-state index is 11.3. The zero-order chi connectivity index (χ0) is 11.3. The molecule has 5 heteroatoms. The van der Waals surface area contributed by atoms with Gasteiger partial charge in [0, 0.05) is 19.6 Å². The molecule has 1 atom stereocenters. The van der Waals surface area contributed by atoms with Crippen LogP contribution in [0.15, 0.2) is 17.6 Å². The molecular formula is C10H16N2O3. The van der Waals surface area contributed by atoms with Crippen molar-refractivity contribution in [3.8, 4) is 0 Å². The molecule has 0 aromatic carbocycles. The number of aliphatic hydroxyl groups is 1. The van der Waals surface area contributed by atoms with Gasteiger partial charge in [0.1, 0.15) is 5.54 Å². The fourth-order valence-corrected chi connectivity index (χ4v) is 1.81. The summed E-state index contributed by atoms with van der Waals surface area (Å²) in [4.78, 5) is 17.0. The Morgan fingerprint density at radius 2 is 2.47 bits per heavy atom. The quantitative estimate of drug-likeness (QED) is 0.613. The van der Waals surface area contributed by atoms with E-state index >= 15 is 0 Å². The molecule has 0 spiro atoms. The van der Waals surface area contributed by atoms with Gasteiger partial charge in [-0.05, 0) is 6.42 Å². The van der Waals surface area contributed by atoms with Crippen molar-refractivity contribution in [2.45, 2.75) is 18.4 Å². The van der Waals surface area contributed by atoms with E-state index in [1.165, 1.54) is 0 Å². The van der Waals surface area contributed by atoms with Gasteiger partial charge in [-0.1, -0.05) is 6.08 Å². The third-order valence-corrected chi connectivity index (χ3v) is 2.65. The van der Waals surface area contributed by atoms with Crippen LogP contribution in [0.1, 0.15) is 12.8 Å². The van der Waals surface area contributed by atoms with Crippen LogP contribution in [0.3, 0.4) is 0 Å². The molecule has 1 heterocycles. The first-order chi connectivity index (χ1) is 7.17. The van der Waals surface area contributed by atoms with E-state index in [2.05, 4.69) is 11.6 Å². The summed E-state index contributed by atoms with van der Waals surface area (Å²) < 4.78 is 0. The summed E-state index contributed by atoms with van der Waals surface area (Å²) in [5.74, 6) is -0.940. The smallest absolute Gasteiger partial charge is 0.329 e. The molecule has 0 radical (unpaired) electrons. The highest BCUT2D eigenvalue weighted by molar-refractivity contribution is 5.82. The van der Waals surface area contributed by atoms with Crippen LogP contribution < -0.4 is 0 Å². The molecule has 15 heavy (non-hydrogen) atoms. The van der Waals surface area contributed by atoms with Gasteiger partial charge in [-0.15, -0.1) is 6.58 Å². The molecule has 84 valence electrons. The Bertz CT molecular complexity index is 278. The number of carboxylic acids is 1. The molecular weight excluding hydrogens is 196 g/mol. The van der Waals surface area contributed by atoms with E-state index in [1.807, 2.05) is 0 Å². The van der Waals surface area contributed by atoms with E-state index in [1.54, 1.807) is 17.3 Å². The number of aliphatic hydroxyl groups excluding tert-OH is 1. The minimum Gasteiger partial charge on any atom is -0.479 e. The normalized spacial score (nSPS) is 18.9. The van der Waals surface area contributed by atoms with Crippen LogP contribution in [0.5, 0.6) is 0 Å². The van der Waals surface area contributed by atoms with E-state index in [0.29, 0.717) is 19.5 Å². The van der Waals surface area contributed by atoms with E-state index in [0.717, 1.165) is 0 Å². The van der Waals surface area contributed by atoms with Crippen molar-refractivity contribution in [2.24, 2.45) is 4.99 Å². The van der Waals surface area contributed by atoms with Gasteiger partial charge >= 0.3 is 5.97 Å². The van der Waals surface area contributed by atoms with Crippen molar-refractivity contribution >= 4 is 12.3 Å². The van der Waals surface area contributed by atoms with Crippen LogP contribution >= 0.6 is 0 Å². The van der Waals surface area contributed by atoms with Crippen molar-refractivity contribution < 1.29 is 15.0 Å². The summed E-state index contributed by atoms with van der Waals surface area (Å²) >= 11 is 0. The van der Waals surface area contributed by atoms with Crippen LogP contribution in [-0.4, -0.2) is 52.7 Å². The molecule has 5 nitrogen and oxygen atoms in total. The van der Waals surface area contributed by atoms with Gasteiger partial charge in [0.25, 0.3) is 0 Å². The van der Waals surface area contributed by atoms with Crippen LogP contribution in [0, 0.1) is 0 Å². The van der Waals surface area contributed by atoms with Crippen LogP contribution in [0.2, 0.25) is 0 Å². The van der Waals surface area contributed by atoms with Crippen molar-refractivity contribution in [3.05, 3.63) is 12.7 Å². The monoisotopic (exact) mass is 212 g/mol. The largest absolute Gasteiger partial charge is 0.479 e. The average Bonchev–Trinajstić information content (AvgIpc) is 2.70. The van der Waals surface area contributed by atoms with E-state index in [9.17, 15) is 9.90 Å². The first kappa shape index (κ1) is 11.7. The highest BCUT2D eigenvalue weighted by Gasteiger charge is 2.42. The number of aliphatic carboxylic acids is 1. The van der Waals surface area contributed by atoms with Gasteiger partial charge in [0.2, 0.25) is 0 Å². The Labute approximate surface area is 88.7 Å². The molecule has 0 aliphatic carbocycles. The van der Waals surface area contributed by atoms with Crippen LogP contribution in [0.25, 0.3) is 0 Å². The van der Waals surface area contributed by atoms with Gasteiger partial charge in [-0.3, -0.25) is 4.99 Å². The van der Waals surface area contributed by atoms with Gasteiger partial charge in [0.15, 0.2) is 0 Å². The highest BCUT2D eigenvalue weighted by Crippen LogP contribution is 2.25. The van der Waals surface area contributed by atoms with E-state index in [4.69, 9.17) is 5.11 Å². The topological polar surface area (TPSA) is 73.1 Å². The predicted octanol–water partition coefficient (Wildman–Crippen LogP) is 0.112. The maximum atomic E-state index is 11.3. The second kappa shape index (κ2) is 4.93. The summed E-state index contributed by atoms with van der Waals surface area (Å²) in [5, 5.41) is 18.3. The third-order valence-electron chi connectivity index (χ3n) is 2.65. The lowest BCUT2D eigenvalue weighted by Crippen LogP contribution is -2.53. The lowest BCUT2D eigenvalue weighted by molar-refractivity contribution is -0.149. The molecule has 0 saturated carbocycles. The number of carbonyl (C=O) groups is 1. The summed E-state index contributed by atoms with van der Waals surface area (Å²) in [5.41, 5.74) is -1.09. The fraction of sp³-hybridized carbons (Fsp3) is 0.600. The Balaban J connectivity index is 2.93. The first-order valence-corrected chi connectivity index (χ1v) is 4.89. The Morgan fingerprint density at radius 1 is 1.73 bits per heavy atom. The van der Waals surface area contributed by atoms with Crippen LogP contribution in [0.4, 0.5) is 0 Å². The number of hydrogen-bond donors (Lipinski definition) is 2. The Morgan fingerprint density at radius 3 is 2.87 bits per heavy atom. The molecule has 0 bridgehead atoms. The van der Waals surface area contributed by atoms with E-state index in [-0.39, 0.29) is 13.0 Å². The Kier molecular flexibility index (Phi) is 3.85. The second-order valence-corrected chi connectivity index (χ2v) is 3.52. The van der Waals surface area contributed by atoms with Gasteiger partial charge in [-0.25, -0.2) is 4.79 Å². The number of nitrogens with zero attached hydrogens (tertiary/aromatic N) is 2. The maximum Gasteiger partial charge on any atom is 0.329 e. The summed E-state index contributed by atoms with van der Waals surface area (Å²) in [7, 11) is 0. The minimum atomic E-state index is -1.09. The number of aliphatic imine (C=N–C) groups is 1. The van der Waals surface area contributed by atoms with Crippen molar-refractivity contribution in [3.63, 3.8) is 0 Å². The van der Waals surface area contributed by atoms with Crippen molar-refractivity contribution in [1.82, 2.24) is 4.90 Å². The average molecular weight is 212 g/mol. The van der Waals surface area contributed by atoms with Crippen LogP contribution in [-0.2, 0) is 4.79 Å². The summed E-state index contributed by atoms with van der Waals surface area (Å²) in [6, 6.07) is 0. The SMILES string of the molecule is C=CCC(CCO)(C(=O)O)N1C=NCC1. The molecule has 0 fully saturated rings. The zero-order valence-electron chi connectivity index (χ0n) is 8.59. The van der Waals surface area contributed by atoms with Crippen molar-refractivity contribution in [2.75, 3.05) is 19.7 Å². The van der Waals surface area contributed by atoms with Gasteiger partial charge in [-0.2, -0.15) is 0 Å². The molecule has 0 amide bonds. The third kappa shape index (κ3) is 2.18. The molecule has 1 rings (SSSR count). The van der Waals surface area contributed by atoms with E-state index < -0.39 is 11.5 Å². The zero-order valence-corrected chi connectivity index (χ0v) is 8.59. The number of rotatable bonds is 6. The molecule has 0 aromatic heterocycles. The standard InChI is InChI=1S/C10H16N2O3/c1-2-3-10(4-7-13,9(14)15)12-6-5-11-8-12/h2,8,13H,1,3-7H2,(H,14,15). The Hall–Kier alpha value is -1.36. The van der Waals surface area contributed by atoms with Crippen molar-refractivity contribution in [1.29, 1.82) is 0 Å². The number of carboxylic acid groups (broad SMARTS) is 1. The fourth-order valence-electron chi connectivity index (χ4n) is 1.81. The molecule has 0 saturated heterocycles. The summed E-state index contributed by atoms with van der Waals surface area (Å²) in [6.45, 7) is 4.60. The first-order valence-electron chi connectivity index (χ1n) is 4.89. The molecule has 0 aromatic rings. The highest BCUT2D eigenvalue weighted by atomic mass is 16.4. The van der Waals surface area contributed by atoms with Gasteiger partial charge < -0.3 is 15.1 Å². The molecule has 1 aliphatic rings. The summed E-state index contributed by atoms with van der Waals surface area (Å²) in [6.07, 6.45) is 3.60. The minimum absolute atomic E-state index is 0.162. The molecule has 1 unspecified atom stereocenters. The lowest BCUT2D eigenvalue weighted by Gasteiger charge is -2.36.